The Morgan fingerprint density at radius 2 is 2.29 bits per heavy atom. The van der Waals surface area contributed by atoms with Crippen LogP contribution in [0.3, 0.4) is 0 Å². The number of rotatable bonds is 4. The number of methoxy groups -OCH3 is 1. The molecule has 21 heavy (non-hydrogen) atoms. The molecule has 1 aromatic carbocycles. The lowest BCUT2D eigenvalue weighted by atomic mass is 10.1. The van der Waals surface area contributed by atoms with Gasteiger partial charge in [0, 0.05) is 19.2 Å². The van der Waals surface area contributed by atoms with Crippen LogP contribution >= 0.6 is 11.6 Å². The molecule has 0 aliphatic carbocycles. The van der Waals surface area contributed by atoms with Crippen molar-refractivity contribution in [2.24, 2.45) is 5.92 Å². The van der Waals surface area contributed by atoms with E-state index in [1.807, 2.05) is 4.90 Å². The Kier molecular flexibility index (Phi) is 4.67. The number of hydrogen-bond donors (Lipinski definition) is 0. The molecule has 1 saturated heterocycles. The zero-order valence-corrected chi connectivity index (χ0v) is 12.7. The van der Waals surface area contributed by atoms with E-state index in [4.69, 9.17) is 11.6 Å². The molecule has 6 nitrogen and oxygen atoms in total. The second-order valence-corrected chi connectivity index (χ2v) is 5.49. The maximum Gasteiger partial charge on any atom is 0.339 e. The maximum atomic E-state index is 11.6. The van der Waals surface area contributed by atoms with Crippen LogP contribution in [-0.4, -0.2) is 31.1 Å². The molecule has 7 heteroatoms. The van der Waals surface area contributed by atoms with Crippen molar-refractivity contribution < 1.29 is 14.5 Å². The Balaban J connectivity index is 2.44. The second-order valence-electron chi connectivity index (χ2n) is 5.08. The van der Waals surface area contributed by atoms with Gasteiger partial charge in [-0.15, -0.1) is 0 Å². The first kappa shape index (κ1) is 15.6. The first-order valence-electron chi connectivity index (χ1n) is 6.79. The number of carbonyl (C=O) groups excluding carboxylic acids is 1. The van der Waals surface area contributed by atoms with E-state index in [1.165, 1.54) is 19.2 Å². The standard InChI is InChI=1S/C14H17ClN2O4/c1-3-9-4-5-16(8-9)12-7-11(15)10(14(18)21-2)6-13(12)17(19)20/h6-7,9H,3-5,8H2,1-2H3. The summed E-state index contributed by atoms with van der Waals surface area (Å²) in [6.45, 7) is 3.63. The molecule has 114 valence electrons. The normalized spacial score (nSPS) is 17.9. The van der Waals surface area contributed by atoms with Crippen LogP contribution in [0.25, 0.3) is 0 Å². The van der Waals surface area contributed by atoms with Gasteiger partial charge >= 0.3 is 5.97 Å². The van der Waals surface area contributed by atoms with Crippen LogP contribution in [0.1, 0.15) is 30.1 Å². The quantitative estimate of drug-likeness (QED) is 0.484. The largest absolute Gasteiger partial charge is 0.465 e. The first-order valence-corrected chi connectivity index (χ1v) is 7.16. The molecule has 1 unspecified atom stereocenters. The molecule has 0 spiro atoms. The van der Waals surface area contributed by atoms with Gasteiger partial charge in [0.05, 0.1) is 22.6 Å². The summed E-state index contributed by atoms with van der Waals surface area (Å²) in [5.74, 6) is -0.147. The predicted octanol–water partition coefficient (Wildman–Crippen LogP) is 3.27. The molecular formula is C14H17ClN2O4. The zero-order chi connectivity index (χ0) is 15.6. The van der Waals surface area contributed by atoms with Crippen LogP contribution in [0, 0.1) is 16.0 Å². The van der Waals surface area contributed by atoms with Crippen molar-refractivity contribution in [1.29, 1.82) is 0 Å². The molecule has 1 aromatic rings. The smallest absolute Gasteiger partial charge is 0.339 e. The molecule has 0 N–H and O–H groups in total. The van der Waals surface area contributed by atoms with Crippen molar-refractivity contribution in [2.75, 3.05) is 25.1 Å². The number of ether oxygens (including phenoxy) is 1. The summed E-state index contributed by atoms with van der Waals surface area (Å²) in [4.78, 5) is 24.4. The van der Waals surface area contributed by atoms with Gasteiger partial charge in [-0.1, -0.05) is 24.9 Å². The lowest BCUT2D eigenvalue weighted by molar-refractivity contribution is -0.384. The number of halogens is 1. The minimum Gasteiger partial charge on any atom is -0.465 e. The fourth-order valence-electron chi connectivity index (χ4n) is 2.60. The van der Waals surface area contributed by atoms with Gasteiger partial charge in [0.2, 0.25) is 0 Å². The molecule has 0 amide bonds. The van der Waals surface area contributed by atoms with Crippen molar-refractivity contribution in [3.63, 3.8) is 0 Å². The van der Waals surface area contributed by atoms with Crippen molar-refractivity contribution in [3.8, 4) is 0 Å². The van der Waals surface area contributed by atoms with Crippen LogP contribution in [0.5, 0.6) is 0 Å². The highest BCUT2D eigenvalue weighted by molar-refractivity contribution is 6.34. The topological polar surface area (TPSA) is 72.7 Å². The third-order valence-electron chi connectivity index (χ3n) is 3.87. The summed E-state index contributed by atoms with van der Waals surface area (Å²) in [5.41, 5.74) is 0.367. The molecule has 1 aliphatic heterocycles. The number of carbonyl (C=O) groups is 1. The van der Waals surface area contributed by atoms with Gasteiger partial charge in [-0.2, -0.15) is 0 Å². The molecule has 2 rings (SSSR count). The Morgan fingerprint density at radius 3 is 2.81 bits per heavy atom. The van der Waals surface area contributed by atoms with Crippen LogP contribution in [-0.2, 0) is 4.74 Å². The Labute approximate surface area is 127 Å². The summed E-state index contributed by atoms with van der Waals surface area (Å²) in [6, 6.07) is 2.69. The monoisotopic (exact) mass is 312 g/mol. The highest BCUT2D eigenvalue weighted by Crippen LogP contribution is 2.37. The molecule has 0 radical (unpaired) electrons. The SMILES string of the molecule is CCC1CCN(c2cc(Cl)c(C(=O)OC)cc2[N+](=O)[O-])C1. The van der Waals surface area contributed by atoms with Gasteiger partial charge < -0.3 is 9.64 Å². The Hall–Kier alpha value is -1.82. The Bertz CT molecular complexity index is 576. The van der Waals surface area contributed by atoms with E-state index >= 15 is 0 Å². The number of benzene rings is 1. The maximum absolute atomic E-state index is 11.6. The molecule has 0 saturated carbocycles. The summed E-state index contributed by atoms with van der Waals surface area (Å²) in [7, 11) is 1.21. The van der Waals surface area contributed by atoms with E-state index in [-0.39, 0.29) is 16.3 Å². The average molecular weight is 313 g/mol. The van der Waals surface area contributed by atoms with Crippen molar-refractivity contribution in [3.05, 3.63) is 32.8 Å². The van der Waals surface area contributed by atoms with E-state index < -0.39 is 10.9 Å². The van der Waals surface area contributed by atoms with Crippen molar-refractivity contribution in [2.45, 2.75) is 19.8 Å². The minimum absolute atomic E-state index is 0.0147. The molecule has 1 fully saturated rings. The van der Waals surface area contributed by atoms with Crippen LogP contribution < -0.4 is 4.90 Å². The van der Waals surface area contributed by atoms with Gasteiger partial charge in [0.25, 0.3) is 5.69 Å². The molecular weight excluding hydrogens is 296 g/mol. The van der Waals surface area contributed by atoms with E-state index in [1.54, 1.807) is 0 Å². The third kappa shape index (κ3) is 3.10. The van der Waals surface area contributed by atoms with E-state index in [0.717, 1.165) is 25.9 Å². The molecule has 0 bridgehead atoms. The van der Waals surface area contributed by atoms with Crippen molar-refractivity contribution >= 4 is 28.9 Å². The van der Waals surface area contributed by atoms with Crippen LogP contribution in [0.2, 0.25) is 5.02 Å². The average Bonchev–Trinajstić information content (AvgIpc) is 2.94. The molecule has 1 atom stereocenters. The molecule has 1 aliphatic rings. The lowest BCUT2D eigenvalue weighted by Gasteiger charge is -2.19. The van der Waals surface area contributed by atoms with Gasteiger partial charge in [0.15, 0.2) is 0 Å². The summed E-state index contributed by atoms with van der Waals surface area (Å²) >= 11 is 6.08. The number of anilines is 1. The van der Waals surface area contributed by atoms with E-state index in [9.17, 15) is 14.9 Å². The van der Waals surface area contributed by atoms with Crippen LogP contribution in [0.15, 0.2) is 12.1 Å². The molecule has 0 aromatic heterocycles. The zero-order valence-electron chi connectivity index (χ0n) is 12.0. The van der Waals surface area contributed by atoms with Gasteiger partial charge in [-0.3, -0.25) is 10.1 Å². The third-order valence-corrected chi connectivity index (χ3v) is 4.18. The number of hydrogen-bond acceptors (Lipinski definition) is 5. The number of nitro benzene ring substituents is 1. The van der Waals surface area contributed by atoms with Gasteiger partial charge in [0.1, 0.15) is 5.69 Å². The Morgan fingerprint density at radius 1 is 1.57 bits per heavy atom. The van der Waals surface area contributed by atoms with E-state index in [2.05, 4.69) is 11.7 Å². The second kappa shape index (κ2) is 6.30. The van der Waals surface area contributed by atoms with Crippen LogP contribution in [0.4, 0.5) is 11.4 Å². The fourth-order valence-corrected chi connectivity index (χ4v) is 2.84. The number of esters is 1. The number of nitro groups is 1. The molecule has 1 heterocycles. The fraction of sp³-hybridized carbons (Fsp3) is 0.500. The number of nitrogens with zero attached hydrogens (tertiary/aromatic N) is 2. The van der Waals surface area contributed by atoms with Gasteiger partial charge in [-0.25, -0.2) is 4.79 Å². The van der Waals surface area contributed by atoms with Crippen molar-refractivity contribution in [1.82, 2.24) is 0 Å². The minimum atomic E-state index is -0.678. The highest BCUT2D eigenvalue weighted by atomic mass is 35.5. The lowest BCUT2D eigenvalue weighted by Crippen LogP contribution is -2.21. The first-order chi connectivity index (χ1) is 9.97. The summed E-state index contributed by atoms with van der Waals surface area (Å²) in [5, 5.41) is 11.5. The summed E-state index contributed by atoms with van der Waals surface area (Å²) < 4.78 is 4.59. The summed E-state index contributed by atoms with van der Waals surface area (Å²) in [6.07, 6.45) is 2.04. The van der Waals surface area contributed by atoms with E-state index in [0.29, 0.717) is 11.6 Å². The van der Waals surface area contributed by atoms with Gasteiger partial charge in [-0.05, 0) is 18.4 Å². The predicted molar refractivity (Wildman–Crippen MR) is 80.1 cm³/mol. The highest BCUT2D eigenvalue weighted by Gasteiger charge is 2.29.